The number of nitrogens with zero attached hydrogens (tertiary/aromatic N) is 1. The standard InChI is InChI=1S/C14H10FNO/c1-16-12-5-3-2-4-10(12)14(17)11-8-9(15)6-7-13(11)16/h2-8H,1H3. The number of aromatic nitrogens is 1. The second kappa shape index (κ2) is 3.42. The molecule has 0 fully saturated rings. The highest BCUT2D eigenvalue weighted by Gasteiger charge is 2.08. The van der Waals surface area contributed by atoms with Crippen LogP contribution in [-0.4, -0.2) is 4.57 Å². The average Bonchev–Trinajstić information content (AvgIpc) is 2.36. The molecule has 0 saturated heterocycles. The van der Waals surface area contributed by atoms with Crippen LogP contribution in [0.3, 0.4) is 0 Å². The van der Waals surface area contributed by atoms with Gasteiger partial charge in [-0.05, 0) is 30.3 Å². The Morgan fingerprint density at radius 1 is 1.00 bits per heavy atom. The maximum absolute atomic E-state index is 13.2. The van der Waals surface area contributed by atoms with Gasteiger partial charge >= 0.3 is 0 Å². The van der Waals surface area contributed by atoms with Gasteiger partial charge in [0.2, 0.25) is 0 Å². The van der Waals surface area contributed by atoms with Gasteiger partial charge in [-0.15, -0.1) is 0 Å². The highest BCUT2D eigenvalue weighted by atomic mass is 19.1. The van der Waals surface area contributed by atoms with Crippen molar-refractivity contribution in [1.29, 1.82) is 0 Å². The number of hydrogen-bond donors (Lipinski definition) is 0. The molecule has 0 N–H and O–H groups in total. The minimum atomic E-state index is -0.384. The van der Waals surface area contributed by atoms with Crippen molar-refractivity contribution in [1.82, 2.24) is 4.57 Å². The summed E-state index contributed by atoms with van der Waals surface area (Å²) < 4.78 is 15.1. The van der Waals surface area contributed by atoms with Crippen molar-refractivity contribution in [3.8, 4) is 0 Å². The highest BCUT2D eigenvalue weighted by Crippen LogP contribution is 2.18. The summed E-state index contributed by atoms with van der Waals surface area (Å²) in [5, 5.41) is 1.04. The zero-order valence-electron chi connectivity index (χ0n) is 9.27. The van der Waals surface area contributed by atoms with Crippen LogP contribution >= 0.6 is 0 Å². The monoisotopic (exact) mass is 227 g/mol. The number of benzene rings is 2. The van der Waals surface area contributed by atoms with Crippen molar-refractivity contribution in [3.63, 3.8) is 0 Å². The summed E-state index contributed by atoms with van der Waals surface area (Å²) in [6.45, 7) is 0. The van der Waals surface area contributed by atoms with Crippen molar-refractivity contribution in [2.75, 3.05) is 0 Å². The first-order valence-corrected chi connectivity index (χ1v) is 5.35. The van der Waals surface area contributed by atoms with Crippen molar-refractivity contribution in [2.24, 2.45) is 7.05 Å². The molecule has 0 spiro atoms. The SMILES string of the molecule is Cn1c2ccccc2c(=O)c2cc(F)ccc21. The topological polar surface area (TPSA) is 22.0 Å². The molecule has 0 radical (unpaired) electrons. The molecule has 0 saturated carbocycles. The Labute approximate surface area is 96.9 Å². The molecule has 3 heteroatoms. The minimum Gasteiger partial charge on any atom is -0.343 e. The van der Waals surface area contributed by atoms with Gasteiger partial charge in [0.1, 0.15) is 5.82 Å². The predicted molar refractivity (Wildman–Crippen MR) is 66.7 cm³/mol. The van der Waals surface area contributed by atoms with Gasteiger partial charge in [-0.2, -0.15) is 0 Å². The smallest absolute Gasteiger partial charge is 0.197 e. The molecule has 0 aliphatic carbocycles. The third-order valence-electron chi connectivity index (χ3n) is 3.07. The van der Waals surface area contributed by atoms with E-state index in [1.165, 1.54) is 12.1 Å². The summed E-state index contributed by atoms with van der Waals surface area (Å²) >= 11 is 0. The first kappa shape index (κ1) is 10.0. The van der Waals surface area contributed by atoms with E-state index in [2.05, 4.69) is 0 Å². The van der Waals surface area contributed by atoms with E-state index >= 15 is 0 Å². The van der Waals surface area contributed by atoms with E-state index in [1.54, 1.807) is 12.1 Å². The van der Waals surface area contributed by atoms with E-state index in [4.69, 9.17) is 0 Å². The zero-order chi connectivity index (χ0) is 12.0. The van der Waals surface area contributed by atoms with Crippen molar-refractivity contribution in [3.05, 3.63) is 58.5 Å². The third-order valence-corrected chi connectivity index (χ3v) is 3.07. The Hall–Kier alpha value is -2.16. The molecule has 0 amide bonds. The number of pyridine rings is 1. The summed E-state index contributed by atoms with van der Waals surface area (Å²) in [6, 6.07) is 11.7. The van der Waals surface area contributed by atoms with Gasteiger partial charge in [-0.3, -0.25) is 4.79 Å². The Bertz CT molecular complexity index is 789. The fourth-order valence-electron chi connectivity index (χ4n) is 2.22. The van der Waals surface area contributed by atoms with Gasteiger partial charge in [-0.25, -0.2) is 4.39 Å². The molecule has 0 aliphatic rings. The van der Waals surface area contributed by atoms with E-state index in [0.29, 0.717) is 10.8 Å². The van der Waals surface area contributed by atoms with Gasteiger partial charge < -0.3 is 4.57 Å². The molecule has 84 valence electrons. The van der Waals surface area contributed by atoms with Gasteiger partial charge in [-0.1, -0.05) is 12.1 Å². The lowest BCUT2D eigenvalue weighted by molar-refractivity contribution is 0.629. The summed E-state index contributed by atoms with van der Waals surface area (Å²) in [6.07, 6.45) is 0. The lowest BCUT2D eigenvalue weighted by atomic mass is 10.1. The van der Waals surface area contributed by atoms with E-state index in [0.717, 1.165) is 11.0 Å². The second-order valence-electron chi connectivity index (χ2n) is 4.07. The quantitative estimate of drug-likeness (QED) is 0.541. The van der Waals surface area contributed by atoms with Crippen LogP contribution in [0.2, 0.25) is 0 Å². The lowest BCUT2D eigenvalue weighted by Crippen LogP contribution is -2.09. The van der Waals surface area contributed by atoms with E-state index in [9.17, 15) is 9.18 Å². The lowest BCUT2D eigenvalue weighted by Gasteiger charge is -2.09. The number of rotatable bonds is 0. The molecule has 0 unspecified atom stereocenters. The van der Waals surface area contributed by atoms with Crippen LogP contribution in [0.5, 0.6) is 0 Å². The summed E-state index contributed by atoms with van der Waals surface area (Å²) in [4.78, 5) is 12.2. The first-order valence-electron chi connectivity index (χ1n) is 5.35. The van der Waals surface area contributed by atoms with Crippen LogP contribution < -0.4 is 5.43 Å². The maximum Gasteiger partial charge on any atom is 0.197 e. The van der Waals surface area contributed by atoms with Crippen LogP contribution in [0.1, 0.15) is 0 Å². The number of halogens is 1. The second-order valence-corrected chi connectivity index (χ2v) is 4.07. The fraction of sp³-hybridized carbons (Fsp3) is 0.0714. The molecular formula is C14H10FNO. The van der Waals surface area contributed by atoms with Crippen LogP contribution in [0.15, 0.2) is 47.3 Å². The van der Waals surface area contributed by atoms with Gasteiger partial charge in [0.25, 0.3) is 0 Å². The first-order chi connectivity index (χ1) is 8.18. The zero-order valence-corrected chi connectivity index (χ0v) is 9.27. The number of para-hydroxylation sites is 1. The summed E-state index contributed by atoms with van der Waals surface area (Å²) in [5.74, 6) is -0.384. The molecule has 3 rings (SSSR count). The Balaban J connectivity index is 2.68. The third kappa shape index (κ3) is 1.35. The van der Waals surface area contributed by atoms with Crippen LogP contribution in [0.25, 0.3) is 21.8 Å². The highest BCUT2D eigenvalue weighted by molar-refractivity contribution is 5.93. The molecule has 2 nitrogen and oxygen atoms in total. The van der Waals surface area contributed by atoms with E-state index in [-0.39, 0.29) is 11.2 Å². The molecule has 1 aromatic heterocycles. The van der Waals surface area contributed by atoms with Crippen LogP contribution in [0.4, 0.5) is 4.39 Å². The van der Waals surface area contributed by atoms with Crippen LogP contribution in [-0.2, 0) is 7.05 Å². The van der Waals surface area contributed by atoms with E-state index < -0.39 is 0 Å². The minimum absolute atomic E-state index is 0.117. The Morgan fingerprint density at radius 2 is 1.71 bits per heavy atom. The van der Waals surface area contributed by atoms with Crippen molar-refractivity contribution < 1.29 is 4.39 Å². The predicted octanol–water partition coefficient (Wildman–Crippen LogP) is 2.83. The Morgan fingerprint density at radius 3 is 2.53 bits per heavy atom. The summed E-state index contributed by atoms with van der Waals surface area (Å²) in [5.41, 5.74) is 1.49. The van der Waals surface area contributed by atoms with Gasteiger partial charge in [0.05, 0.1) is 11.0 Å². The largest absolute Gasteiger partial charge is 0.343 e. The number of hydrogen-bond acceptors (Lipinski definition) is 1. The normalized spacial score (nSPS) is 11.2. The number of aryl methyl sites for hydroxylation is 1. The molecule has 1 heterocycles. The fourth-order valence-corrected chi connectivity index (χ4v) is 2.22. The molecule has 2 aromatic carbocycles. The van der Waals surface area contributed by atoms with Gasteiger partial charge in [0.15, 0.2) is 5.43 Å². The van der Waals surface area contributed by atoms with Crippen LogP contribution in [0, 0.1) is 5.82 Å². The molecule has 0 aliphatic heterocycles. The molecule has 17 heavy (non-hydrogen) atoms. The Kier molecular flexibility index (Phi) is 2.01. The van der Waals surface area contributed by atoms with Crippen molar-refractivity contribution in [2.45, 2.75) is 0 Å². The maximum atomic E-state index is 13.2. The average molecular weight is 227 g/mol. The molecular weight excluding hydrogens is 217 g/mol. The molecule has 0 atom stereocenters. The van der Waals surface area contributed by atoms with Crippen molar-refractivity contribution >= 4 is 21.8 Å². The summed E-state index contributed by atoms with van der Waals surface area (Å²) in [7, 11) is 1.88. The number of fused-ring (bicyclic) bond motifs is 2. The molecule has 0 bridgehead atoms. The van der Waals surface area contributed by atoms with E-state index in [1.807, 2.05) is 29.8 Å². The molecule has 3 aromatic rings. The van der Waals surface area contributed by atoms with Gasteiger partial charge in [0, 0.05) is 17.8 Å².